The summed E-state index contributed by atoms with van der Waals surface area (Å²) in [6.07, 6.45) is 3.60. The number of amides is 1. The fourth-order valence-corrected chi connectivity index (χ4v) is 5.81. The number of hydrogen-bond acceptors (Lipinski definition) is 4. The van der Waals surface area contributed by atoms with Crippen LogP contribution in [0.15, 0.2) is 12.3 Å². The maximum atomic E-state index is 12.0. The van der Waals surface area contributed by atoms with E-state index in [9.17, 15) is 9.59 Å². The zero-order chi connectivity index (χ0) is 12.4. The minimum atomic E-state index is -1.27. The zero-order valence-corrected chi connectivity index (χ0v) is 14.5. The number of halogens is 1. The van der Waals surface area contributed by atoms with Gasteiger partial charge in [0, 0.05) is 0 Å². The number of hydrogen-bond donors (Lipinski definition) is 0. The molecule has 90 valence electrons. The summed E-state index contributed by atoms with van der Waals surface area (Å²) in [4.78, 5) is 27.8. The van der Waals surface area contributed by atoms with Crippen LogP contribution in [0, 0.1) is 0 Å². The molecular formula is C10H13BrInN3O2. The molecule has 1 amide bonds. The molecule has 2 aliphatic heterocycles. The van der Waals surface area contributed by atoms with E-state index in [4.69, 9.17) is 0 Å². The molecule has 0 aliphatic carbocycles. The second-order valence-electron chi connectivity index (χ2n) is 4.17. The number of carbonyl (C=O) groups excluding carboxylic acids is 2. The van der Waals surface area contributed by atoms with Crippen LogP contribution in [-0.2, 0) is 9.59 Å². The Balaban J connectivity index is 1.98. The topological polar surface area (TPSA) is 43.9 Å². The van der Waals surface area contributed by atoms with Gasteiger partial charge >= 0.3 is 121 Å². The summed E-state index contributed by atoms with van der Waals surface area (Å²) in [6.45, 7) is 3.00. The molecule has 1 saturated heterocycles. The van der Waals surface area contributed by atoms with Crippen molar-refractivity contribution in [2.45, 2.75) is 0 Å². The zero-order valence-electron chi connectivity index (χ0n) is 9.60. The van der Waals surface area contributed by atoms with Crippen molar-refractivity contribution in [1.82, 2.24) is 11.7 Å². The van der Waals surface area contributed by atoms with E-state index in [1.165, 1.54) is 0 Å². The van der Waals surface area contributed by atoms with Crippen molar-refractivity contribution in [1.29, 1.82) is 0 Å². The van der Waals surface area contributed by atoms with Gasteiger partial charge in [-0.3, -0.25) is 0 Å². The Morgan fingerprint density at radius 1 is 1.29 bits per heavy atom. The molecule has 1 fully saturated rings. The number of Topliss-reactive ketones (excluding diaryl/α,β-unsaturated/α-hetero) is 1. The van der Waals surface area contributed by atoms with E-state index in [1.807, 2.05) is 15.2 Å². The molecule has 2 heterocycles. The van der Waals surface area contributed by atoms with Gasteiger partial charge in [-0.05, 0) is 0 Å². The molecule has 0 radical (unpaired) electrons. The Morgan fingerprint density at radius 3 is 2.47 bits per heavy atom. The molecule has 0 aromatic carbocycles. The van der Waals surface area contributed by atoms with Crippen molar-refractivity contribution >= 4 is 53.8 Å². The van der Waals surface area contributed by atoms with Crippen molar-refractivity contribution in [2.75, 3.05) is 33.2 Å². The molecule has 0 aromatic heterocycles. The van der Waals surface area contributed by atoms with Crippen molar-refractivity contribution in [3.8, 4) is 0 Å². The van der Waals surface area contributed by atoms with Gasteiger partial charge in [-0.25, -0.2) is 0 Å². The third-order valence-corrected chi connectivity index (χ3v) is 7.80. The van der Waals surface area contributed by atoms with Crippen LogP contribution in [0.4, 0.5) is 0 Å². The van der Waals surface area contributed by atoms with Gasteiger partial charge in [-0.2, -0.15) is 0 Å². The predicted octanol–water partition coefficient (Wildman–Crippen LogP) is -0.740. The Hall–Kier alpha value is -0.140. The second-order valence-corrected chi connectivity index (χ2v) is 11.2. The van der Waals surface area contributed by atoms with Gasteiger partial charge in [0.2, 0.25) is 0 Å². The van der Waals surface area contributed by atoms with Crippen molar-refractivity contribution in [3.05, 3.63) is 12.3 Å². The van der Waals surface area contributed by atoms with Crippen molar-refractivity contribution < 1.29 is 9.59 Å². The Kier molecular flexibility index (Phi) is 4.43. The Labute approximate surface area is 120 Å². The SMILES string of the molecule is CN1CCN(C(=O)C(=O)[C]2=[In][N](Br)C=C2)CC1. The number of carbonyl (C=O) groups is 2. The molecule has 0 atom stereocenters. The van der Waals surface area contributed by atoms with Crippen LogP contribution in [-0.4, -0.2) is 82.6 Å². The quantitative estimate of drug-likeness (QED) is 0.451. The molecular weight excluding hydrogens is 389 g/mol. The van der Waals surface area contributed by atoms with Gasteiger partial charge in [0.1, 0.15) is 0 Å². The van der Waals surface area contributed by atoms with Gasteiger partial charge in [-0.15, -0.1) is 0 Å². The standard InChI is InChI=1S/C10H13BrN3O2.In/c1-13-5-7-14(8-6-13)10(16)9(15)3-2-4-12-11;/h2,4H,5-8H2,1H3;/q-1;+1. The van der Waals surface area contributed by atoms with Crippen LogP contribution in [0.5, 0.6) is 0 Å². The first-order valence-corrected chi connectivity index (χ1v) is 9.27. The van der Waals surface area contributed by atoms with Crippen molar-refractivity contribution in [3.63, 3.8) is 0 Å². The van der Waals surface area contributed by atoms with E-state index in [0.29, 0.717) is 13.1 Å². The average Bonchev–Trinajstić information content (AvgIpc) is 2.75. The fraction of sp³-hybridized carbons (Fsp3) is 0.500. The van der Waals surface area contributed by atoms with E-state index in [1.54, 1.807) is 11.0 Å². The van der Waals surface area contributed by atoms with Gasteiger partial charge in [-0.1, -0.05) is 0 Å². The first-order chi connectivity index (χ1) is 8.08. The van der Waals surface area contributed by atoms with E-state index in [2.05, 4.69) is 21.0 Å². The average molecular weight is 402 g/mol. The second kappa shape index (κ2) is 5.67. The molecule has 5 nitrogen and oxygen atoms in total. The number of nitrogens with zero attached hydrogens (tertiary/aromatic N) is 3. The normalized spacial score (nSPS) is 20.2. The number of piperazine rings is 1. The first-order valence-electron chi connectivity index (χ1n) is 5.44. The Bertz CT molecular complexity index is 402. The Morgan fingerprint density at radius 2 is 1.94 bits per heavy atom. The molecule has 17 heavy (non-hydrogen) atoms. The first kappa shape index (κ1) is 13.3. The van der Waals surface area contributed by atoms with Gasteiger partial charge in [0.25, 0.3) is 0 Å². The molecule has 0 N–H and O–H groups in total. The molecule has 2 aliphatic rings. The third-order valence-electron chi connectivity index (χ3n) is 2.91. The third kappa shape index (κ3) is 3.20. The van der Waals surface area contributed by atoms with Gasteiger partial charge in [0.05, 0.1) is 0 Å². The van der Waals surface area contributed by atoms with Crippen LogP contribution in [0.25, 0.3) is 0 Å². The number of ketones is 1. The molecule has 7 heteroatoms. The van der Waals surface area contributed by atoms with Crippen LogP contribution in [0.2, 0.25) is 0 Å². The van der Waals surface area contributed by atoms with Crippen molar-refractivity contribution in [2.24, 2.45) is 0 Å². The van der Waals surface area contributed by atoms with E-state index < -0.39 is 22.7 Å². The predicted molar refractivity (Wildman–Crippen MR) is 69.8 cm³/mol. The summed E-state index contributed by atoms with van der Waals surface area (Å²) in [5.41, 5.74) is 0. The maximum absolute atomic E-state index is 12.0. The van der Waals surface area contributed by atoms with Gasteiger partial charge < -0.3 is 0 Å². The van der Waals surface area contributed by atoms with E-state index in [-0.39, 0.29) is 11.7 Å². The minimum absolute atomic E-state index is 0.297. The summed E-state index contributed by atoms with van der Waals surface area (Å²) >= 11 is 2.05. The van der Waals surface area contributed by atoms with E-state index in [0.717, 1.165) is 16.3 Å². The van der Waals surface area contributed by atoms with Crippen LogP contribution in [0.1, 0.15) is 0 Å². The molecule has 0 aromatic rings. The summed E-state index contributed by atoms with van der Waals surface area (Å²) in [7, 11) is 2.02. The van der Waals surface area contributed by atoms with Gasteiger partial charge in [0.15, 0.2) is 0 Å². The fourth-order valence-electron chi connectivity index (χ4n) is 1.78. The summed E-state index contributed by atoms with van der Waals surface area (Å²) < 4.78 is 2.63. The van der Waals surface area contributed by atoms with Crippen LogP contribution in [0.3, 0.4) is 0 Å². The summed E-state index contributed by atoms with van der Waals surface area (Å²) in [5.74, 6) is -0.624. The number of allylic oxidation sites excluding steroid dienone is 1. The van der Waals surface area contributed by atoms with Crippen LogP contribution >= 0.6 is 16.1 Å². The summed E-state index contributed by atoms with van der Waals surface area (Å²) in [5, 5.41) is 0. The number of likely N-dealkylation sites (N-methyl/N-ethyl adjacent to an activating group) is 1. The van der Waals surface area contributed by atoms with Crippen LogP contribution < -0.4 is 0 Å². The number of rotatable bonds is 2. The molecule has 2 rings (SSSR count). The molecule has 0 bridgehead atoms. The van der Waals surface area contributed by atoms with E-state index >= 15 is 0 Å². The molecule has 0 unspecified atom stereocenters. The molecule has 0 spiro atoms. The monoisotopic (exact) mass is 401 g/mol. The molecule has 0 saturated carbocycles. The summed E-state index contributed by atoms with van der Waals surface area (Å²) in [6, 6.07) is 0.